The second-order valence-corrected chi connectivity index (χ2v) is 4.11. The van der Waals surface area contributed by atoms with Gasteiger partial charge in [0.25, 0.3) is 0 Å². The molecule has 0 bridgehead atoms. The molecule has 1 aromatic carbocycles. The fourth-order valence-electron chi connectivity index (χ4n) is 1.09. The van der Waals surface area contributed by atoms with E-state index in [2.05, 4.69) is 0 Å². The van der Waals surface area contributed by atoms with Crippen molar-refractivity contribution in [1.29, 1.82) is 0 Å². The summed E-state index contributed by atoms with van der Waals surface area (Å²) in [5.74, 6) is 0.755. The molecule has 0 unspecified atom stereocenters. The molecule has 0 amide bonds. The molecule has 0 aliphatic rings. The van der Waals surface area contributed by atoms with E-state index in [4.69, 9.17) is 14.6 Å². The van der Waals surface area contributed by atoms with Crippen LogP contribution in [0.2, 0.25) is 0 Å². The van der Waals surface area contributed by atoms with E-state index in [-0.39, 0.29) is 12.9 Å². The molecule has 0 radical (unpaired) electrons. The molecule has 0 spiro atoms. The van der Waals surface area contributed by atoms with Crippen LogP contribution in [-0.2, 0) is 16.1 Å². The van der Waals surface area contributed by atoms with Gasteiger partial charge in [0.2, 0.25) is 0 Å². The molecule has 0 aliphatic carbocycles. The number of methoxy groups -OCH3 is 2. The molecule has 0 aliphatic heterocycles. The maximum Gasteiger partial charge on any atom is 0.166 e. The monoisotopic (exact) mass is 228 g/mol. The van der Waals surface area contributed by atoms with Crippen LogP contribution in [0.25, 0.3) is 0 Å². The molecule has 0 atom stereocenters. The van der Waals surface area contributed by atoms with Crippen LogP contribution in [0.15, 0.2) is 29.2 Å². The van der Waals surface area contributed by atoms with Gasteiger partial charge in [-0.1, -0.05) is 12.1 Å². The summed E-state index contributed by atoms with van der Waals surface area (Å²) in [4.78, 5) is 1.14. The lowest BCUT2D eigenvalue weighted by molar-refractivity contribution is -0.0842. The first-order valence-electron chi connectivity index (χ1n) is 4.68. The van der Waals surface area contributed by atoms with Crippen LogP contribution in [0.3, 0.4) is 0 Å². The van der Waals surface area contributed by atoms with Gasteiger partial charge in [0.1, 0.15) is 0 Å². The van der Waals surface area contributed by atoms with E-state index in [1.807, 2.05) is 24.3 Å². The van der Waals surface area contributed by atoms with E-state index in [0.717, 1.165) is 16.2 Å². The highest BCUT2D eigenvalue weighted by Gasteiger charge is 2.05. The Bertz CT molecular complexity index is 270. The Morgan fingerprint density at radius 2 is 1.80 bits per heavy atom. The fourth-order valence-corrected chi connectivity index (χ4v) is 2.02. The third-order valence-electron chi connectivity index (χ3n) is 2.02. The Morgan fingerprint density at radius 3 is 2.27 bits per heavy atom. The quantitative estimate of drug-likeness (QED) is 0.596. The van der Waals surface area contributed by atoms with Gasteiger partial charge in [-0.3, -0.25) is 0 Å². The first-order valence-corrected chi connectivity index (χ1v) is 5.67. The molecule has 0 saturated carbocycles. The molecular formula is C11H16O3S. The van der Waals surface area contributed by atoms with Crippen LogP contribution in [0, 0.1) is 0 Å². The topological polar surface area (TPSA) is 38.7 Å². The maximum absolute atomic E-state index is 8.88. The van der Waals surface area contributed by atoms with Crippen molar-refractivity contribution in [3.8, 4) is 0 Å². The van der Waals surface area contributed by atoms with Crippen LogP contribution in [0.1, 0.15) is 5.56 Å². The average molecular weight is 228 g/mol. The summed E-state index contributed by atoms with van der Waals surface area (Å²) >= 11 is 1.67. The highest BCUT2D eigenvalue weighted by molar-refractivity contribution is 7.99. The SMILES string of the molecule is COC(CSc1ccc(CO)cc1)OC. The summed E-state index contributed by atoms with van der Waals surface area (Å²) in [6, 6.07) is 7.80. The van der Waals surface area contributed by atoms with E-state index < -0.39 is 0 Å². The zero-order chi connectivity index (χ0) is 11.1. The van der Waals surface area contributed by atoms with Gasteiger partial charge in [-0.2, -0.15) is 0 Å². The highest BCUT2D eigenvalue weighted by Crippen LogP contribution is 2.20. The third kappa shape index (κ3) is 4.22. The van der Waals surface area contributed by atoms with Crippen LogP contribution in [0.5, 0.6) is 0 Å². The lowest BCUT2D eigenvalue weighted by Crippen LogP contribution is -2.15. The Kier molecular flexibility index (Phi) is 5.71. The number of benzene rings is 1. The molecule has 0 fully saturated rings. The lowest BCUT2D eigenvalue weighted by atomic mass is 10.2. The molecule has 0 saturated heterocycles. The lowest BCUT2D eigenvalue weighted by Gasteiger charge is -2.12. The van der Waals surface area contributed by atoms with Crippen LogP contribution in [0.4, 0.5) is 0 Å². The van der Waals surface area contributed by atoms with Gasteiger partial charge in [0.15, 0.2) is 6.29 Å². The number of thioether (sulfide) groups is 1. The molecule has 1 aromatic rings. The average Bonchev–Trinajstić information content (AvgIpc) is 2.31. The van der Waals surface area contributed by atoms with Gasteiger partial charge in [0, 0.05) is 24.9 Å². The summed E-state index contributed by atoms with van der Waals surface area (Å²) in [6.45, 7) is 0.0870. The number of rotatable bonds is 6. The van der Waals surface area contributed by atoms with Gasteiger partial charge in [-0.05, 0) is 17.7 Å². The van der Waals surface area contributed by atoms with Crippen molar-refractivity contribution in [1.82, 2.24) is 0 Å². The van der Waals surface area contributed by atoms with Crippen molar-refractivity contribution in [3.05, 3.63) is 29.8 Å². The number of hydrogen-bond donors (Lipinski definition) is 1. The van der Waals surface area contributed by atoms with Crippen LogP contribution in [-0.4, -0.2) is 31.4 Å². The summed E-state index contributed by atoms with van der Waals surface area (Å²) in [5, 5.41) is 8.88. The largest absolute Gasteiger partial charge is 0.392 e. The van der Waals surface area contributed by atoms with E-state index >= 15 is 0 Å². The van der Waals surface area contributed by atoms with Crippen molar-refractivity contribution in [2.24, 2.45) is 0 Å². The van der Waals surface area contributed by atoms with Crippen molar-refractivity contribution in [2.45, 2.75) is 17.8 Å². The van der Waals surface area contributed by atoms with E-state index in [0.29, 0.717) is 0 Å². The zero-order valence-electron chi connectivity index (χ0n) is 8.97. The van der Waals surface area contributed by atoms with E-state index in [1.165, 1.54) is 0 Å². The molecule has 1 rings (SSSR count). The molecule has 1 N–H and O–H groups in total. The number of aliphatic hydroxyl groups is 1. The minimum atomic E-state index is -0.174. The third-order valence-corrected chi connectivity index (χ3v) is 3.06. The van der Waals surface area contributed by atoms with Crippen LogP contribution >= 0.6 is 11.8 Å². The zero-order valence-corrected chi connectivity index (χ0v) is 9.79. The van der Waals surface area contributed by atoms with Crippen molar-refractivity contribution in [3.63, 3.8) is 0 Å². The number of aliphatic hydroxyl groups excluding tert-OH is 1. The Morgan fingerprint density at radius 1 is 1.20 bits per heavy atom. The minimum Gasteiger partial charge on any atom is -0.392 e. The van der Waals surface area contributed by atoms with Crippen LogP contribution < -0.4 is 0 Å². The molecule has 84 valence electrons. The predicted octanol–water partition coefficient (Wildman–Crippen LogP) is 1.89. The first kappa shape index (κ1) is 12.5. The number of ether oxygens (including phenoxy) is 2. The summed E-state index contributed by atoms with van der Waals surface area (Å²) in [6.07, 6.45) is -0.174. The molecule has 0 heterocycles. The normalized spacial score (nSPS) is 10.9. The Hall–Kier alpha value is -0.550. The first-order chi connectivity index (χ1) is 7.30. The molecule has 4 heteroatoms. The van der Waals surface area contributed by atoms with Gasteiger partial charge in [-0.25, -0.2) is 0 Å². The predicted molar refractivity (Wildman–Crippen MR) is 60.9 cm³/mol. The molecule has 0 aromatic heterocycles. The molecular weight excluding hydrogens is 212 g/mol. The minimum absolute atomic E-state index is 0.0870. The van der Waals surface area contributed by atoms with Gasteiger partial charge in [0.05, 0.1) is 6.61 Å². The van der Waals surface area contributed by atoms with Gasteiger partial charge in [-0.15, -0.1) is 11.8 Å². The highest BCUT2D eigenvalue weighted by atomic mass is 32.2. The van der Waals surface area contributed by atoms with Crippen molar-refractivity contribution >= 4 is 11.8 Å². The Balaban J connectivity index is 2.43. The van der Waals surface area contributed by atoms with Gasteiger partial charge < -0.3 is 14.6 Å². The smallest absolute Gasteiger partial charge is 0.166 e. The summed E-state index contributed by atoms with van der Waals surface area (Å²) in [5.41, 5.74) is 0.925. The second kappa shape index (κ2) is 6.85. The van der Waals surface area contributed by atoms with Crippen molar-refractivity contribution in [2.75, 3.05) is 20.0 Å². The molecule has 3 nitrogen and oxygen atoms in total. The summed E-state index contributed by atoms with van der Waals surface area (Å²) < 4.78 is 10.2. The fraction of sp³-hybridized carbons (Fsp3) is 0.455. The summed E-state index contributed by atoms with van der Waals surface area (Å²) in [7, 11) is 3.26. The van der Waals surface area contributed by atoms with E-state index in [9.17, 15) is 0 Å². The standard InChI is InChI=1S/C11H16O3S/c1-13-11(14-2)8-15-10-5-3-9(7-12)4-6-10/h3-6,11-12H,7-8H2,1-2H3. The van der Waals surface area contributed by atoms with Gasteiger partial charge >= 0.3 is 0 Å². The second-order valence-electron chi connectivity index (χ2n) is 3.01. The number of hydrogen-bond acceptors (Lipinski definition) is 4. The molecule has 15 heavy (non-hydrogen) atoms. The van der Waals surface area contributed by atoms with Crippen molar-refractivity contribution < 1.29 is 14.6 Å². The van der Waals surface area contributed by atoms with E-state index in [1.54, 1.807) is 26.0 Å². The Labute approximate surface area is 94.4 Å². The maximum atomic E-state index is 8.88.